The minimum Gasteiger partial charge on any atom is -0.366 e. The monoisotopic (exact) mass is 255 g/mol. The van der Waals surface area contributed by atoms with Gasteiger partial charge in [0.05, 0.1) is 6.10 Å². The second-order valence-electron chi connectivity index (χ2n) is 4.81. The van der Waals surface area contributed by atoms with Gasteiger partial charge in [-0.3, -0.25) is 0 Å². The molecule has 0 heterocycles. The van der Waals surface area contributed by atoms with Crippen LogP contribution in [0.25, 0.3) is 0 Å². The van der Waals surface area contributed by atoms with E-state index in [9.17, 15) is 8.78 Å². The third-order valence-electron chi connectivity index (χ3n) is 3.04. The fourth-order valence-corrected chi connectivity index (χ4v) is 1.80. The summed E-state index contributed by atoms with van der Waals surface area (Å²) in [5, 5.41) is 3.32. The van der Waals surface area contributed by atoms with Crippen molar-refractivity contribution in [2.24, 2.45) is 0 Å². The first-order valence-corrected chi connectivity index (χ1v) is 6.35. The molecule has 2 rings (SSSR count). The van der Waals surface area contributed by atoms with Crippen molar-refractivity contribution in [1.29, 1.82) is 0 Å². The van der Waals surface area contributed by atoms with Crippen LogP contribution in [0.1, 0.15) is 30.1 Å². The molecule has 100 valence electrons. The molecule has 1 unspecified atom stereocenters. The summed E-state index contributed by atoms with van der Waals surface area (Å²) in [5.74, 6) is 0. The van der Waals surface area contributed by atoms with E-state index in [0.29, 0.717) is 12.6 Å². The van der Waals surface area contributed by atoms with Gasteiger partial charge in [-0.05, 0) is 25.3 Å². The Hall–Kier alpha value is -1.00. The Kier molecular flexibility index (Phi) is 4.66. The molecule has 1 N–H and O–H groups in total. The van der Waals surface area contributed by atoms with E-state index in [0.717, 1.165) is 11.1 Å². The van der Waals surface area contributed by atoms with Gasteiger partial charge in [0.1, 0.15) is 6.61 Å². The number of halogens is 2. The van der Waals surface area contributed by atoms with E-state index in [1.165, 1.54) is 12.8 Å². The minimum atomic E-state index is -2.42. The predicted molar refractivity (Wildman–Crippen MR) is 66.9 cm³/mol. The number of nitrogens with one attached hydrogen (secondary N) is 1. The van der Waals surface area contributed by atoms with Crippen LogP contribution in [0, 0.1) is 6.92 Å². The first-order chi connectivity index (χ1) is 8.65. The van der Waals surface area contributed by atoms with Gasteiger partial charge in [0.15, 0.2) is 0 Å². The Morgan fingerprint density at radius 3 is 2.50 bits per heavy atom. The van der Waals surface area contributed by atoms with Crippen LogP contribution in [0.4, 0.5) is 8.78 Å². The topological polar surface area (TPSA) is 21.3 Å². The molecular formula is C14H19F2NO. The maximum Gasteiger partial charge on any atom is 0.261 e. The zero-order chi connectivity index (χ0) is 13.0. The van der Waals surface area contributed by atoms with Gasteiger partial charge in [0, 0.05) is 12.6 Å². The second-order valence-corrected chi connectivity index (χ2v) is 4.81. The zero-order valence-electron chi connectivity index (χ0n) is 10.5. The molecule has 1 fully saturated rings. The van der Waals surface area contributed by atoms with Crippen LogP contribution in [0.5, 0.6) is 0 Å². The molecule has 1 aliphatic carbocycles. The number of hydrogen-bond donors (Lipinski definition) is 1. The van der Waals surface area contributed by atoms with E-state index in [1.54, 1.807) is 0 Å². The highest BCUT2D eigenvalue weighted by Gasteiger charge is 2.23. The number of hydrogen-bond acceptors (Lipinski definition) is 2. The molecule has 0 aromatic heterocycles. The molecule has 0 bridgehead atoms. The summed E-state index contributed by atoms with van der Waals surface area (Å²) in [6.07, 6.45) is -0.357. The zero-order valence-corrected chi connectivity index (χ0v) is 10.5. The summed E-state index contributed by atoms with van der Waals surface area (Å²) >= 11 is 0. The van der Waals surface area contributed by atoms with Gasteiger partial charge in [0.25, 0.3) is 6.43 Å². The van der Waals surface area contributed by atoms with E-state index in [1.807, 2.05) is 31.2 Å². The van der Waals surface area contributed by atoms with E-state index in [-0.39, 0.29) is 6.10 Å². The van der Waals surface area contributed by atoms with Crippen molar-refractivity contribution in [3.05, 3.63) is 35.4 Å². The highest BCUT2D eigenvalue weighted by molar-refractivity contribution is 5.23. The van der Waals surface area contributed by atoms with Crippen molar-refractivity contribution in [3.63, 3.8) is 0 Å². The molecule has 0 aliphatic heterocycles. The molecular weight excluding hydrogens is 236 g/mol. The van der Waals surface area contributed by atoms with Gasteiger partial charge in [-0.2, -0.15) is 0 Å². The summed E-state index contributed by atoms with van der Waals surface area (Å²) in [7, 11) is 0. The molecule has 18 heavy (non-hydrogen) atoms. The van der Waals surface area contributed by atoms with Crippen molar-refractivity contribution in [2.75, 3.05) is 13.2 Å². The molecule has 1 aliphatic rings. The van der Waals surface area contributed by atoms with Crippen LogP contribution in [-0.4, -0.2) is 25.6 Å². The summed E-state index contributed by atoms with van der Waals surface area (Å²) < 4.78 is 29.8. The van der Waals surface area contributed by atoms with Gasteiger partial charge >= 0.3 is 0 Å². The van der Waals surface area contributed by atoms with Crippen LogP contribution in [0.3, 0.4) is 0 Å². The molecule has 0 amide bonds. The molecule has 0 saturated heterocycles. The van der Waals surface area contributed by atoms with Crippen LogP contribution in [-0.2, 0) is 4.74 Å². The van der Waals surface area contributed by atoms with Gasteiger partial charge in [-0.25, -0.2) is 8.78 Å². The fourth-order valence-electron chi connectivity index (χ4n) is 1.80. The molecule has 1 atom stereocenters. The van der Waals surface area contributed by atoms with Crippen LogP contribution in [0.2, 0.25) is 0 Å². The smallest absolute Gasteiger partial charge is 0.261 e. The lowest BCUT2D eigenvalue weighted by Gasteiger charge is -2.19. The highest BCUT2D eigenvalue weighted by Crippen LogP contribution is 2.22. The first-order valence-electron chi connectivity index (χ1n) is 6.35. The van der Waals surface area contributed by atoms with E-state index in [2.05, 4.69) is 5.32 Å². The summed E-state index contributed by atoms with van der Waals surface area (Å²) in [4.78, 5) is 0. The molecule has 4 heteroatoms. The third-order valence-corrected chi connectivity index (χ3v) is 3.04. The van der Waals surface area contributed by atoms with Gasteiger partial charge in [-0.15, -0.1) is 0 Å². The molecule has 1 aromatic rings. The van der Waals surface area contributed by atoms with E-state index in [4.69, 9.17) is 4.74 Å². The molecule has 2 nitrogen and oxygen atoms in total. The van der Waals surface area contributed by atoms with Gasteiger partial charge in [-0.1, -0.05) is 29.8 Å². The molecule has 0 radical (unpaired) electrons. The third kappa shape index (κ3) is 4.35. The maximum atomic E-state index is 12.2. The first kappa shape index (κ1) is 13.4. The maximum absolute atomic E-state index is 12.2. The van der Waals surface area contributed by atoms with Gasteiger partial charge in [0.2, 0.25) is 0 Å². The average Bonchev–Trinajstić information content (AvgIpc) is 3.14. The molecule has 0 spiro atoms. The SMILES string of the molecule is Cc1ccc(C(CNC2CC2)OCC(F)F)cc1. The second kappa shape index (κ2) is 6.25. The summed E-state index contributed by atoms with van der Waals surface area (Å²) in [5.41, 5.74) is 2.11. The summed E-state index contributed by atoms with van der Waals surface area (Å²) in [6.45, 7) is 2.09. The normalized spacial score (nSPS) is 17.1. The Bertz CT molecular complexity index is 357. The Morgan fingerprint density at radius 2 is 1.94 bits per heavy atom. The van der Waals surface area contributed by atoms with Crippen molar-refractivity contribution in [3.8, 4) is 0 Å². The minimum absolute atomic E-state index is 0.291. The number of rotatable bonds is 7. The highest BCUT2D eigenvalue weighted by atomic mass is 19.3. The lowest BCUT2D eigenvalue weighted by atomic mass is 10.1. The Balaban J connectivity index is 1.94. The standard InChI is InChI=1S/C14H19F2NO/c1-10-2-4-11(5-3-10)13(18-9-14(15)16)8-17-12-6-7-12/h2-5,12-14,17H,6-9H2,1H3. The fraction of sp³-hybridized carbons (Fsp3) is 0.571. The Morgan fingerprint density at radius 1 is 1.28 bits per heavy atom. The van der Waals surface area contributed by atoms with Crippen molar-refractivity contribution in [2.45, 2.75) is 38.3 Å². The average molecular weight is 255 g/mol. The quantitative estimate of drug-likeness (QED) is 0.808. The van der Waals surface area contributed by atoms with Gasteiger partial charge < -0.3 is 10.1 Å². The number of ether oxygens (including phenoxy) is 1. The molecule has 1 aromatic carbocycles. The van der Waals surface area contributed by atoms with Crippen molar-refractivity contribution in [1.82, 2.24) is 5.32 Å². The largest absolute Gasteiger partial charge is 0.366 e. The predicted octanol–water partition coefficient (Wildman–Crippen LogP) is 3.07. The van der Waals surface area contributed by atoms with E-state index < -0.39 is 13.0 Å². The number of alkyl halides is 2. The Labute approximate surface area is 106 Å². The van der Waals surface area contributed by atoms with Crippen LogP contribution < -0.4 is 5.32 Å². The number of benzene rings is 1. The van der Waals surface area contributed by atoms with Crippen LogP contribution in [0.15, 0.2) is 24.3 Å². The summed E-state index contributed by atoms with van der Waals surface area (Å²) in [6, 6.07) is 8.39. The van der Waals surface area contributed by atoms with Crippen molar-refractivity contribution >= 4 is 0 Å². The molecule has 1 saturated carbocycles. The lowest BCUT2D eigenvalue weighted by Crippen LogP contribution is -2.26. The van der Waals surface area contributed by atoms with Crippen molar-refractivity contribution < 1.29 is 13.5 Å². The van der Waals surface area contributed by atoms with Crippen LogP contribution >= 0.6 is 0 Å². The van der Waals surface area contributed by atoms with E-state index >= 15 is 0 Å². The lowest BCUT2D eigenvalue weighted by molar-refractivity contribution is -0.0247. The number of aryl methyl sites for hydroxylation is 1.